The summed E-state index contributed by atoms with van der Waals surface area (Å²) < 4.78 is 20.2. The van der Waals surface area contributed by atoms with E-state index in [4.69, 9.17) is 11.6 Å². The van der Waals surface area contributed by atoms with Gasteiger partial charge < -0.3 is 10.1 Å². The summed E-state index contributed by atoms with van der Waals surface area (Å²) in [4.78, 5) is 23.8. The maximum Gasteiger partial charge on any atom is 0.337 e. The average molecular weight is 402 g/mol. The van der Waals surface area contributed by atoms with Crippen LogP contribution >= 0.6 is 11.6 Å². The summed E-state index contributed by atoms with van der Waals surface area (Å²) in [7, 11) is 1.29. The fourth-order valence-electron chi connectivity index (χ4n) is 2.63. The lowest BCUT2D eigenvalue weighted by atomic mass is 10.1. The van der Waals surface area contributed by atoms with E-state index < -0.39 is 11.8 Å². The minimum atomic E-state index is -0.479. The molecule has 0 spiro atoms. The largest absolute Gasteiger partial charge is 0.465 e. The van der Waals surface area contributed by atoms with Gasteiger partial charge in [0.05, 0.1) is 19.2 Å². The van der Waals surface area contributed by atoms with Crippen molar-refractivity contribution in [1.82, 2.24) is 9.78 Å². The molecule has 28 heavy (non-hydrogen) atoms. The Labute approximate surface area is 165 Å². The van der Waals surface area contributed by atoms with Gasteiger partial charge in [-0.05, 0) is 43.3 Å². The maximum absolute atomic E-state index is 14.0. The average Bonchev–Trinajstić information content (AvgIpc) is 3.03. The van der Waals surface area contributed by atoms with Gasteiger partial charge in [-0.1, -0.05) is 17.7 Å². The molecule has 6 nitrogen and oxygen atoms in total. The zero-order valence-electron chi connectivity index (χ0n) is 15.2. The van der Waals surface area contributed by atoms with Crippen LogP contribution in [0.4, 0.5) is 10.2 Å². The Balaban J connectivity index is 1.74. The number of halogens is 2. The van der Waals surface area contributed by atoms with Gasteiger partial charge in [0, 0.05) is 27.9 Å². The van der Waals surface area contributed by atoms with E-state index in [2.05, 4.69) is 15.2 Å². The van der Waals surface area contributed by atoms with E-state index in [1.165, 1.54) is 43.5 Å². The lowest BCUT2D eigenvalue weighted by Crippen LogP contribution is -2.13. The summed E-state index contributed by atoms with van der Waals surface area (Å²) in [5.74, 6) is -0.955. The number of ether oxygens (including phenoxy) is 1. The molecular formula is C20H17ClFN3O3. The third-order valence-electron chi connectivity index (χ3n) is 4.16. The fourth-order valence-corrected chi connectivity index (χ4v) is 2.85. The first-order chi connectivity index (χ1) is 13.4. The predicted molar refractivity (Wildman–Crippen MR) is 103 cm³/mol. The van der Waals surface area contributed by atoms with Crippen LogP contribution in [0.2, 0.25) is 5.02 Å². The normalized spacial score (nSPS) is 10.6. The number of carbonyl (C=O) groups excluding carboxylic acids is 2. The number of rotatable bonds is 5. The summed E-state index contributed by atoms with van der Waals surface area (Å²) in [5, 5.41) is 7.29. The zero-order valence-corrected chi connectivity index (χ0v) is 16.0. The topological polar surface area (TPSA) is 73.2 Å². The molecule has 0 saturated heterocycles. The molecule has 0 bridgehead atoms. The number of esters is 1. The molecule has 0 radical (unpaired) electrons. The van der Waals surface area contributed by atoms with E-state index in [-0.39, 0.29) is 12.5 Å². The second-order valence-corrected chi connectivity index (χ2v) is 6.46. The van der Waals surface area contributed by atoms with Gasteiger partial charge in [-0.3, -0.25) is 9.48 Å². The van der Waals surface area contributed by atoms with Gasteiger partial charge in [-0.25, -0.2) is 9.18 Å². The Kier molecular flexibility index (Phi) is 5.75. The molecule has 0 fully saturated rings. The Morgan fingerprint density at radius 2 is 1.86 bits per heavy atom. The second-order valence-electron chi connectivity index (χ2n) is 6.05. The highest BCUT2D eigenvalue weighted by molar-refractivity contribution is 6.31. The summed E-state index contributed by atoms with van der Waals surface area (Å²) in [5.41, 5.74) is 1.76. The molecule has 0 aliphatic rings. The first-order valence-electron chi connectivity index (χ1n) is 8.36. The van der Waals surface area contributed by atoms with E-state index in [0.29, 0.717) is 27.5 Å². The first kappa shape index (κ1) is 19.6. The van der Waals surface area contributed by atoms with Gasteiger partial charge in [0.1, 0.15) is 5.82 Å². The van der Waals surface area contributed by atoms with Crippen LogP contribution in [0.3, 0.4) is 0 Å². The van der Waals surface area contributed by atoms with E-state index in [1.807, 2.05) is 0 Å². The number of nitrogens with zero attached hydrogens (tertiary/aromatic N) is 2. The number of benzene rings is 2. The van der Waals surface area contributed by atoms with E-state index in [0.717, 1.165) is 5.69 Å². The number of aryl methyl sites for hydroxylation is 1. The second kappa shape index (κ2) is 8.22. The van der Waals surface area contributed by atoms with Crippen molar-refractivity contribution in [3.63, 3.8) is 0 Å². The molecule has 0 unspecified atom stereocenters. The zero-order chi connectivity index (χ0) is 20.3. The SMILES string of the molecule is COC(=O)c1ccc(C(=O)Nc2cc(C)n(Cc3c(F)cccc3Cl)n2)cc1. The number of methoxy groups -OCH3 is 1. The van der Waals surface area contributed by atoms with Crippen LogP contribution < -0.4 is 5.32 Å². The quantitative estimate of drug-likeness (QED) is 0.654. The summed E-state index contributed by atoms with van der Waals surface area (Å²) in [6.07, 6.45) is 0. The number of anilines is 1. The first-order valence-corrected chi connectivity index (χ1v) is 8.74. The maximum atomic E-state index is 14.0. The molecule has 1 heterocycles. The van der Waals surface area contributed by atoms with Crippen LogP contribution in [0.1, 0.15) is 32.0 Å². The Bertz CT molecular complexity index is 1010. The molecule has 1 amide bonds. The van der Waals surface area contributed by atoms with Crippen molar-refractivity contribution in [3.8, 4) is 0 Å². The molecule has 2 aromatic carbocycles. The molecule has 3 aromatic rings. The Hall–Kier alpha value is -3.19. The minimum absolute atomic E-state index is 0.140. The summed E-state index contributed by atoms with van der Waals surface area (Å²) in [6, 6.07) is 12.2. The number of hydrogen-bond donors (Lipinski definition) is 1. The van der Waals surface area contributed by atoms with Crippen LogP contribution in [0.5, 0.6) is 0 Å². The van der Waals surface area contributed by atoms with Crippen LogP contribution in [0.25, 0.3) is 0 Å². The van der Waals surface area contributed by atoms with Gasteiger partial charge in [-0.15, -0.1) is 0 Å². The minimum Gasteiger partial charge on any atom is -0.465 e. The summed E-state index contributed by atoms with van der Waals surface area (Å²) >= 11 is 6.06. The van der Waals surface area contributed by atoms with Crippen LogP contribution in [-0.4, -0.2) is 28.8 Å². The van der Waals surface area contributed by atoms with Crippen molar-refractivity contribution in [1.29, 1.82) is 0 Å². The highest BCUT2D eigenvalue weighted by Crippen LogP contribution is 2.21. The van der Waals surface area contributed by atoms with Crippen molar-refractivity contribution in [2.75, 3.05) is 12.4 Å². The monoisotopic (exact) mass is 401 g/mol. The Morgan fingerprint density at radius 3 is 2.50 bits per heavy atom. The van der Waals surface area contributed by atoms with Gasteiger partial charge >= 0.3 is 5.97 Å². The van der Waals surface area contributed by atoms with Gasteiger partial charge in [-0.2, -0.15) is 5.10 Å². The molecule has 144 valence electrons. The number of amides is 1. The number of carbonyl (C=O) groups is 2. The van der Waals surface area contributed by atoms with Crippen LogP contribution in [0, 0.1) is 12.7 Å². The van der Waals surface area contributed by atoms with Crippen molar-refractivity contribution in [2.24, 2.45) is 0 Å². The van der Waals surface area contributed by atoms with Crippen molar-refractivity contribution in [2.45, 2.75) is 13.5 Å². The standard InChI is InChI=1S/C20H17ClFN3O3/c1-12-10-18(24-25(12)11-15-16(21)4-3-5-17(15)22)23-19(26)13-6-8-14(9-7-13)20(27)28-2/h3-10H,11H2,1-2H3,(H,23,24,26). The molecule has 0 aliphatic heterocycles. The lowest BCUT2D eigenvalue weighted by molar-refractivity contribution is 0.0600. The molecule has 1 N–H and O–H groups in total. The van der Waals surface area contributed by atoms with Crippen LogP contribution in [0.15, 0.2) is 48.5 Å². The number of hydrogen-bond acceptors (Lipinski definition) is 4. The number of aromatic nitrogens is 2. The van der Waals surface area contributed by atoms with Gasteiger partial charge in [0.15, 0.2) is 5.82 Å². The molecular weight excluding hydrogens is 385 g/mol. The van der Waals surface area contributed by atoms with E-state index >= 15 is 0 Å². The van der Waals surface area contributed by atoms with E-state index in [1.54, 1.807) is 23.7 Å². The highest BCUT2D eigenvalue weighted by Gasteiger charge is 2.14. The van der Waals surface area contributed by atoms with Crippen LogP contribution in [-0.2, 0) is 11.3 Å². The molecule has 1 aromatic heterocycles. The molecule has 0 atom stereocenters. The summed E-state index contributed by atoms with van der Waals surface area (Å²) in [6.45, 7) is 1.93. The molecule has 8 heteroatoms. The third kappa shape index (κ3) is 4.20. The van der Waals surface area contributed by atoms with E-state index in [9.17, 15) is 14.0 Å². The van der Waals surface area contributed by atoms with Gasteiger partial charge in [0.2, 0.25) is 0 Å². The lowest BCUT2D eigenvalue weighted by Gasteiger charge is -2.08. The smallest absolute Gasteiger partial charge is 0.337 e. The van der Waals surface area contributed by atoms with Crippen molar-refractivity contribution < 1.29 is 18.7 Å². The van der Waals surface area contributed by atoms with Crippen molar-refractivity contribution in [3.05, 3.63) is 81.8 Å². The highest BCUT2D eigenvalue weighted by atomic mass is 35.5. The molecule has 3 rings (SSSR count). The fraction of sp³-hybridized carbons (Fsp3) is 0.150. The third-order valence-corrected chi connectivity index (χ3v) is 4.51. The number of nitrogens with one attached hydrogen (secondary N) is 1. The molecule has 0 aliphatic carbocycles. The van der Waals surface area contributed by atoms with Gasteiger partial charge in [0.25, 0.3) is 5.91 Å². The molecule has 0 saturated carbocycles. The Morgan fingerprint density at radius 1 is 1.18 bits per heavy atom. The predicted octanol–water partition coefficient (Wildman–Crippen LogP) is 4.07. The van der Waals surface area contributed by atoms with Crippen molar-refractivity contribution >= 4 is 29.3 Å².